The quantitative estimate of drug-likeness (QED) is 0.824. The van der Waals surface area contributed by atoms with Crippen LogP contribution in [0.4, 0.5) is 0 Å². The molecule has 0 bridgehead atoms. The molecule has 1 heterocycles. The molecule has 0 fully saturated rings. The third-order valence-corrected chi connectivity index (χ3v) is 3.28. The summed E-state index contributed by atoms with van der Waals surface area (Å²) in [6.07, 6.45) is 0.798. The number of hydrogen-bond donors (Lipinski definition) is 2. The van der Waals surface area contributed by atoms with Crippen molar-refractivity contribution in [1.29, 1.82) is 0 Å². The van der Waals surface area contributed by atoms with Gasteiger partial charge in [-0.05, 0) is 35.9 Å². The summed E-state index contributed by atoms with van der Waals surface area (Å²) in [6.45, 7) is 0.644. The van der Waals surface area contributed by atoms with Crippen LogP contribution in [0.2, 0.25) is 0 Å². The molecule has 0 unspecified atom stereocenters. The molecule has 2 amide bonds. The van der Waals surface area contributed by atoms with Gasteiger partial charge in [-0.1, -0.05) is 18.2 Å². The fourth-order valence-corrected chi connectivity index (χ4v) is 2.18. The number of hydrogen-bond acceptors (Lipinski definition) is 3. The van der Waals surface area contributed by atoms with Crippen molar-refractivity contribution in [2.75, 3.05) is 6.61 Å². The molecule has 21 heavy (non-hydrogen) atoms. The van der Waals surface area contributed by atoms with Crippen LogP contribution in [0.15, 0.2) is 48.5 Å². The van der Waals surface area contributed by atoms with Crippen molar-refractivity contribution >= 4 is 11.8 Å². The lowest BCUT2D eigenvalue weighted by Crippen LogP contribution is -2.41. The van der Waals surface area contributed by atoms with E-state index in [4.69, 9.17) is 4.74 Å². The molecule has 0 radical (unpaired) electrons. The number of benzene rings is 2. The summed E-state index contributed by atoms with van der Waals surface area (Å²) in [7, 11) is 0. The van der Waals surface area contributed by atoms with E-state index in [1.54, 1.807) is 42.5 Å². The number of carbonyl (C=O) groups is 2. The van der Waals surface area contributed by atoms with Gasteiger partial charge in [0.1, 0.15) is 5.75 Å². The summed E-state index contributed by atoms with van der Waals surface area (Å²) >= 11 is 0. The predicted molar refractivity (Wildman–Crippen MR) is 77.0 cm³/mol. The van der Waals surface area contributed by atoms with Gasteiger partial charge in [-0.2, -0.15) is 0 Å². The molecule has 0 aliphatic carbocycles. The summed E-state index contributed by atoms with van der Waals surface area (Å²) in [5.41, 5.74) is 6.79. The Balaban J connectivity index is 1.63. The van der Waals surface area contributed by atoms with E-state index in [0.29, 0.717) is 17.7 Å². The van der Waals surface area contributed by atoms with Crippen molar-refractivity contribution in [2.45, 2.75) is 6.42 Å². The minimum atomic E-state index is -0.353. The Hall–Kier alpha value is -2.82. The molecule has 2 aromatic rings. The molecular formula is C16H14N2O3. The van der Waals surface area contributed by atoms with Crippen LogP contribution in [0, 0.1) is 0 Å². The molecule has 5 heteroatoms. The maximum Gasteiger partial charge on any atom is 0.269 e. The highest BCUT2D eigenvalue weighted by atomic mass is 16.5. The third-order valence-electron chi connectivity index (χ3n) is 3.28. The van der Waals surface area contributed by atoms with Gasteiger partial charge in [0.05, 0.1) is 6.61 Å². The number of hydrazine groups is 1. The van der Waals surface area contributed by atoms with Gasteiger partial charge >= 0.3 is 0 Å². The van der Waals surface area contributed by atoms with Gasteiger partial charge in [0.15, 0.2) is 0 Å². The molecular weight excluding hydrogens is 268 g/mol. The highest BCUT2D eigenvalue weighted by Crippen LogP contribution is 2.25. The van der Waals surface area contributed by atoms with Crippen molar-refractivity contribution in [3.05, 3.63) is 65.2 Å². The van der Waals surface area contributed by atoms with Crippen LogP contribution in [0.5, 0.6) is 5.75 Å². The number of carbonyl (C=O) groups excluding carboxylic acids is 2. The maximum atomic E-state index is 12.0. The SMILES string of the molecule is O=C(NNC(=O)c1ccc2c(c1)CCO2)c1ccccc1. The minimum Gasteiger partial charge on any atom is -0.493 e. The molecule has 2 aromatic carbocycles. The number of amides is 2. The second-order valence-corrected chi connectivity index (χ2v) is 4.70. The molecule has 106 valence electrons. The Labute approximate surface area is 121 Å². The zero-order valence-corrected chi connectivity index (χ0v) is 11.3. The van der Waals surface area contributed by atoms with Gasteiger partial charge in [-0.15, -0.1) is 0 Å². The minimum absolute atomic E-state index is 0.353. The van der Waals surface area contributed by atoms with Gasteiger partial charge in [0.25, 0.3) is 11.8 Å². The normalized spacial score (nSPS) is 12.2. The van der Waals surface area contributed by atoms with Crippen LogP contribution in [-0.2, 0) is 6.42 Å². The van der Waals surface area contributed by atoms with Gasteiger partial charge in [0, 0.05) is 17.5 Å². The highest BCUT2D eigenvalue weighted by Gasteiger charge is 2.15. The maximum absolute atomic E-state index is 12.0. The summed E-state index contributed by atoms with van der Waals surface area (Å²) in [5.74, 6) is 0.113. The largest absolute Gasteiger partial charge is 0.493 e. The summed E-state index contributed by atoms with van der Waals surface area (Å²) in [6, 6.07) is 13.9. The molecule has 0 aromatic heterocycles. The number of ether oxygens (including phenoxy) is 1. The van der Waals surface area contributed by atoms with Crippen LogP contribution in [0.25, 0.3) is 0 Å². The third kappa shape index (κ3) is 2.86. The molecule has 3 rings (SSSR count). The average molecular weight is 282 g/mol. The Morgan fingerprint density at radius 1 is 0.905 bits per heavy atom. The van der Waals surface area contributed by atoms with Crippen LogP contribution in [0.1, 0.15) is 26.3 Å². The van der Waals surface area contributed by atoms with E-state index >= 15 is 0 Å². The molecule has 0 spiro atoms. The first-order chi connectivity index (χ1) is 10.2. The standard InChI is InChI=1S/C16H14N2O3/c19-15(11-4-2-1-3-5-11)17-18-16(20)13-6-7-14-12(10-13)8-9-21-14/h1-7,10H,8-9H2,(H,17,19)(H,18,20). The van der Waals surface area contributed by atoms with E-state index in [0.717, 1.165) is 17.7 Å². The van der Waals surface area contributed by atoms with E-state index in [9.17, 15) is 9.59 Å². The van der Waals surface area contributed by atoms with Gasteiger partial charge < -0.3 is 4.74 Å². The molecule has 0 saturated carbocycles. The van der Waals surface area contributed by atoms with Gasteiger partial charge in [0.2, 0.25) is 0 Å². The molecule has 2 N–H and O–H groups in total. The first kappa shape index (κ1) is 13.2. The molecule has 1 aliphatic rings. The van der Waals surface area contributed by atoms with Gasteiger partial charge in [-0.3, -0.25) is 20.4 Å². The van der Waals surface area contributed by atoms with E-state index in [-0.39, 0.29) is 11.8 Å². The lowest BCUT2D eigenvalue weighted by atomic mass is 10.1. The lowest BCUT2D eigenvalue weighted by Gasteiger charge is -2.08. The molecule has 1 aliphatic heterocycles. The molecule has 5 nitrogen and oxygen atoms in total. The topological polar surface area (TPSA) is 67.4 Å². The first-order valence-electron chi connectivity index (χ1n) is 6.65. The first-order valence-corrected chi connectivity index (χ1v) is 6.65. The van der Waals surface area contributed by atoms with Crippen molar-refractivity contribution in [3.63, 3.8) is 0 Å². The predicted octanol–water partition coefficient (Wildman–Crippen LogP) is 1.70. The van der Waals surface area contributed by atoms with Crippen molar-refractivity contribution in [1.82, 2.24) is 10.9 Å². The summed E-state index contributed by atoms with van der Waals surface area (Å²) in [4.78, 5) is 23.8. The highest BCUT2D eigenvalue weighted by molar-refractivity contribution is 5.99. The number of nitrogens with one attached hydrogen (secondary N) is 2. The molecule has 0 saturated heterocycles. The Morgan fingerprint density at radius 2 is 1.62 bits per heavy atom. The fraction of sp³-hybridized carbons (Fsp3) is 0.125. The Kier molecular flexibility index (Phi) is 3.55. The monoisotopic (exact) mass is 282 g/mol. The fourth-order valence-electron chi connectivity index (χ4n) is 2.18. The van der Waals surface area contributed by atoms with E-state index in [1.807, 2.05) is 6.07 Å². The van der Waals surface area contributed by atoms with Crippen LogP contribution < -0.4 is 15.6 Å². The van der Waals surface area contributed by atoms with Crippen LogP contribution in [-0.4, -0.2) is 18.4 Å². The van der Waals surface area contributed by atoms with Crippen molar-refractivity contribution in [2.24, 2.45) is 0 Å². The Bertz CT molecular complexity index is 683. The van der Waals surface area contributed by atoms with E-state index in [2.05, 4.69) is 10.9 Å². The van der Waals surface area contributed by atoms with Gasteiger partial charge in [-0.25, -0.2) is 0 Å². The number of fused-ring (bicyclic) bond motifs is 1. The Morgan fingerprint density at radius 3 is 2.38 bits per heavy atom. The smallest absolute Gasteiger partial charge is 0.269 e. The zero-order valence-electron chi connectivity index (χ0n) is 11.3. The van der Waals surface area contributed by atoms with Crippen molar-refractivity contribution in [3.8, 4) is 5.75 Å². The van der Waals surface area contributed by atoms with E-state index < -0.39 is 0 Å². The molecule has 0 atom stereocenters. The average Bonchev–Trinajstić information content (AvgIpc) is 3.00. The lowest BCUT2D eigenvalue weighted by molar-refractivity contribution is 0.0846. The van der Waals surface area contributed by atoms with E-state index in [1.165, 1.54) is 0 Å². The second kappa shape index (κ2) is 5.66. The second-order valence-electron chi connectivity index (χ2n) is 4.70. The van der Waals surface area contributed by atoms with Crippen molar-refractivity contribution < 1.29 is 14.3 Å². The zero-order chi connectivity index (χ0) is 14.7. The van der Waals surface area contributed by atoms with Crippen LogP contribution >= 0.6 is 0 Å². The summed E-state index contributed by atoms with van der Waals surface area (Å²) < 4.78 is 5.39. The summed E-state index contributed by atoms with van der Waals surface area (Å²) in [5, 5.41) is 0. The number of rotatable bonds is 2. The van der Waals surface area contributed by atoms with Crippen LogP contribution in [0.3, 0.4) is 0 Å².